The second-order valence-electron chi connectivity index (χ2n) is 3.98. The van der Waals surface area contributed by atoms with Crippen molar-refractivity contribution in [3.05, 3.63) is 30.5 Å². The Morgan fingerprint density at radius 1 is 1.24 bits per heavy atom. The van der Waals surface area contributed by atoms with Gasteiger partial charge in [-0.3, -0.25) is 0 Å². The number of aryl methyl sites for hydroxylation is 1. The van der Waals surface area contributed by atoms with Gasteiger partial charge in [0.05, 0.1) is 12.1 Å². The van der Waals surface area contributed by atoms with E-state index in [-0.39, 0.29) is 0 Å². The molecule has 0 unspecified atom stereocenters. The smallest absolute Gasteiger partial charge is 0.128 e. The minimum atomic E-state index is 0.702. The van der Waals surface area contributed by atoms with Crippen LogP contribution < -0.4 is 4.74 Å². The van der Waals surface area contributed by atoms with Gasteiger partial charge in [-0.1, -0.05) is 6.07 Å². The van der Waals surface area contributed by atoms with Gasteiger partial charge in [-0.25, -0.2) is 0 Å². The molecule has 1 heterocycles. The summed E-state index contributed by atoms with van der Waals surface area (Å²) >= 11 is 0. The van der Waals surface area contributed by atoms with E-state index in [1.54, 1.807) is 7.11 Å². The zero-order valence-corrected chi connectivity index (χ0v) is 10.5. The standard InChI is InChI=1S/C14H19NO2/c1-3-17-14-7-4-6-13-12(14)8-10-15(13)9-5-11-16-2/h4,6-8,10H,3,5,9,11H2,1-2H3. The van der Waals surface area contributed by atoms with Crippen molar-refractivity contribution in [2.45, 2.75) is 19.9 Å². The van der Waals surface area contributed by atoms with Gasteiger partial charge in [0.1, 0.15) is 5.75 Å². The zero-order chi connectivity index (χ0) is 12.1. The van der Waals surface area contributed by atoms with Crippen LogP contribution in [0.15, 0.2) is 30.5 Å². The van der Waals surface area contributed by atoms with E-state index in [2.05, 4.69) is 22.9 Å². The second kappa shape index (κ2) is 5.73. The molecule has 0 bridgehead atoms. The van der Waals surface area contributed by atoms with Crippen molar-refractivity contribution in [1.82, 2.24) is 4.57 Å². The van der Waals surface area contributed by atoms with Gasteiger partial charge in [0, 0.05) is 31.8 Å². The van der Waals surface area contributed by atoms with Gasteiger partial charge in [-0.05, 0) is 31.5 Å². The average Bonchev–Trinajstić information content (AvgIpc) is 2.75. The van der Waals surface area contributed by atoms with E-state index in [4.69, 9.17) is 9.47 Å². The van der Waals surface area contributed by atoms with Crippen LogP contribution in [0.2, 0.25) is 0 Å². The van der Waals surface area contributed by atoms with E-state index in [1.807, 2.05) is 19.1 Å². The molecule has 1 aromatic heterocycles. The SMILES string of the molecule is CCOc1cccc2c1ccn2CCCOC. The first-order valence-electron chi connectivity index (χ1n) is 6.06. The molecule has 0 saturated heterocycles. The number of benzene rings is 1. The molecule has 0 aliphatic rings. The van der Waals surface area contributed by atoms with Crippen LogP contribution in [0.3, 0.4) is 0 Å². The third kappa shape index (κ3) is 2.61. The fraction of sp³-hybridized carbons (Fsp3) is 0.429. The second-order valence-corrected chi connectivity index (χ2v) is 3.98. The van der Waals surface area contributed by atoms with E-state index in [0.717, 1.165) is 25.3 Å². The van der Waals surface area contributed by atoms with Crippen molar-refractivity contribution in [1.29, 1.82) is 0 Å². The normalized spacial score (nSPS) is 10.9. The Hall–Kier alpha value is -1.48. The van der Waals surface area contributed by atoms with Gasteiger partial charge in [-0.2, -0.15) is 0 Å². The van der Waals surface area contributed by atoms with Gasteiger partial charge in [0.25, 0.3) is 0 Å². The van der Waals surface area contributed by atoms with Gasteiger partial charge in [0.2, 0.25) is 0 Å². The topological polar surface area (TPSA) is 23.4 Å². The fourth-order valence-electron chi connectivity index (χ4n) is 2.05. The minimum Gasteiger partial charge on any atom is -0.493 e. The largest absolute Gasteiger partial charge is 0.493 e. The third-order valence-corrected chi connectivity index (χ3v) is 2.82. The number of aromatic nitrogens is 1. The van der Waals surface area contributed by atoms with E-state index < -0.39 is 0 Å². The van der Waals surface area contributed by atoms with Crippen LogP contribution in [0.25, 0.3) is 10.9 Å². The first kappa shape index (κ1) is 12.0. The van der Waals surface area contributed by atoms with Crippen LogP contribution >= 0.6 is 0 Å². The molecular formula is C14H19NO2. The van der Waals surface area contributed by atoms with Crippen molar-refractivity contribution in [2.75, 3.05) is 20.3 Å². The summed E-state index contributed by atoms with van der Waals surface area (Å²) in [5.41, 5.74) is 1.23. The molecule has 0 aliphatic heterocycles. The molecular weight excluding hydrogens is 214 g/mol. The van der Waals surface area contributed by atoms with Crippen molar-refractivity contribution < 1.29 is 9.47 Å². The number of methoxy groups -OCH3 is 1. The van der Waals surface area contributed by atoms with E-state index in [1.165, 1.54) is 10.9 Å². The number of ether oxygens (including phenoxy) is 2. The van der Waals surface area contributed by atoms with Crippen molar-refractivity contribution in [2.24, 2.45) is 0 Å². The summed E-state index contributed by atoms with van der Waals surface area (Å²) in [6.45, 7) is 4.49. The molecule has 0 radical (unpaired) electrons. The molecule has 2 aromatic rings. The molecule has 1 aromatic carbocycles. The Morgan fingerprint density at radius 3 is 2.88 bits per heavy atom. The molecule has 2 rings (SSSR count). The molecule has 0 spiro atoms. The highest BCUT2D eigenvalue weighted by atomic mass is 16.5. The maximum atomic E-state index is 5.62. The first-order chi connectivity index (χ1) is 8.36. The fourth-order valence-corrected chi connectivity index (χ4v) is 2.05. The van der Waals surface area contributed by atoms with Crippen LogP contribution in [-0.2, 0) is 11.3 Å². The number of fused-ring (bicyclic) bond motifs is 1. The first-order valence-corrected chi connectivity index (χ1v) is 6.06. The predicted octanol–water partition coefficient (Wildman–Crippen LogP) is 3.08. The van der Waals surface area contributed by atoms with Crippen LogP contribution in [0.1, 0.15) is 13.3 Å². The minimum absolute atomic E-state index is 0.702. The molecule has 92 valence electrons. The molecule has 0 saturated carbocycles. The number of rotatable bonds is 6. The molecule has 0 aliphatic carbocycles. The average molecular weight is 233 g/mol. The van der Waals surface area contributed by atoms with Gasteiger partial charge in [-0.15, -0.1) is 0 Å². The van der Waals surface area contributed by atoms with Gasteiger partial charge in [0.15, 0.2) is 0 Å². The Kier molecular flexibility index (Phi) is 4.04. The zero-order valence-electron chi connectivity index (χ0n) is 10.5. The highest BCUT2D eigenvalue weighted by molar-refractivity contribution is 5.86. The number of hydrogen-bond acceptors (Lipinski definition) is 2. The molecule has 3 heteroatoms. The summed E-state index contributed by atoms with van der Waals surface area (Å²) in [5, 5.41) is 1.19. The number of nitrogens with zero attached hydrogens (tertiary/aromatic N) is 1. The number of hydrogen-bond donors (Lipinski definition) is 0. The summed E-state index contributed by atoms with van der Waals surface area (Å²) in [4.78, 5) is 0. The summed E-state index contributed by atoms with van der Waals surface area (Å²) < 4.78 is 12.9. The molecule has 0 fully saturated rings. The third-order valence-electron chi connectivity index (χ3n) is 2.82. The van der Waals surface area contributed by atoms with Gasteiger partial charge >= 0.3 is 0 Å². The maximum absolute atomic E-state index is 5.62. The summed E-state index contributed by atoms with van der Waals surface area (Å²) in [5.74, 6) is 0.968. The lowest BCUT2D eigenvalue weighted by Crippen LogP contribution is -2.00. The van der Waals surface area contributed by atoms with Gasteiger partial charge < -0.3 is 14.0 Å². The monoisotopic (exact) mass is 233 g/mol. The Morgan fingerprint density at radius 2 is 2.12 bits per heavy atom. The van der Waals surface area contributed by atoms with E-state index in [9.17, 15) is 0 Å². The highest BCUT2D eigenvalue weighted by Gasteiger charge is 2.05. The highest BCUT2D eigenvalue weighted by Crippen LogP contribution is 2.26. The quantitative estimate of drug-likeness (QED) is 0.716. The van der Waals surface area contributed by atoms with E-state index in [0.29, 0.717) is 6.61 Å². The summed E-state index contributed by atoms with van der Waals surface area (Å²) in [6.07, 6.45) is 3.14. The summed E-state index contributed by atoms with van der Waals surface area (Å²) in [7, 11) is 1.74. The molecule has 0 amide bonds. The Labute approximate surface area is 102 Å². The Balaban J connectivity index is 2.24. The lowest BCUT2D eigenvalue weighted by molar-refractivity contribution is 0.190. The maximum Gasteiger partial charge on any atom is 0.128 e. The van der Waals surface area contributed by atoms with Crippen molar-refractivity contribution >= 4 is 10.9 Å². The van der Waals surface area contributed by atoms with Crippen LogP contribution in [0, 0.1) is 0 Å². The molecule has 0 atom stereocenters. The van der Waals surface area contributed by atoms with Crippen LogP contribution in [-0.4, -0.2) is 24.9 Å². The molecule has 3 nitrogen and oxygen atoms in total. The lowest BCUT2D eigenvalue weighted by atomic mass is 10.2. The van der Waals surface area contributed by atoms with E-state index >= 15 is 0 Å². The van der Waals surface area contributed by atoms with Crippen molar-refractivity contribution in [3.63, 3.8) is 0 Å². The molecule has 17 heavy (non-hydrogen) atoms. The van der Waals surface area contributed by atoms with Crippen LogP contribution in [0.4, 0.5) is 0 Å². The van der Waals surface area contributed by atoms with Crippen LogP contribution in [0.5, 0.6) is 5.75 Å². The molecule has 0 N–H and O–H groups in total. The summed E-state index contributed by atoms with van der Waals surface area (Å²) in [6, 6.07) is 8.31. The Bertz CT molecular complexity index is 476. The van der Waals surface area contributed by atoms with Crippen molar-refractivity contribution in [3.8, 4) is 5.75 Å². The predicted molar refractivity (Wildman–Crippen MR) is 69.6 cm³/mol. The lowest BCUT2D eigenvalue weighted by Gasteiger charge is -2.07.